The van der Waals surface area contributed by atoms with E-state index in [1.54, 1.807) is 13.8 Å². The maximum Gasteiger partial charge on any atom is 0.328 e. The van der Waals surface area contributed by atoms with Crippen molar-refractivity contribution in [3.8, 4) is 0 Å². The second-order valence-corrected chi connectivity index (χ2v) is 19.2. The lowest BCUT2D eigenvalue weighted by atomic mass is 9.82. The van der Waals surface area contributed by atoms with E-state index in [0.29, 0.717) is 23.2 Å². The molecule has 0 aromatic heterocycles. The second-order valence-electron chi connectivity index (χ2n) is 16.4. The van der Waals surface area contributed by atoms with Crippen molar-refractivity contribution in [3.63, 3.8) is 0 Å². The van der Waals surface area contributed by atoms with Crippen molar-refractivity contribution >= 4 is 87.6 Å². The van der Waals surface area contributed by atoms with E-state index in [-0.39, 0.29) is 120 Å². The molecule has 0 unspecified atom stereocenters. The predicted octanol–water partition coefficient (Wildman–Crippen LogP) is -0.763. The van der Waals surface area contributed by atoms with Gasteiger partial charge in [-0.05, 0) is 64.8 Å². The van der Waals surface area contributed by atoms with Crippen LogP contribution in [0.15, 0.2) is 0 Å². The van der Waals surface area contributed by atoms with Crippen molar-refractivity contribution < 1.29 is 82.5 Å². The Hall–Kier alpha value is -3.73. The van der Waals surface area contributed by atoms with Crippen LogP contribution in [0.2, 0.25) is 0 Å². The van der Waals surface area contributed by atoms with Gasteiger partial charge in [-0.3, -0.25) is 28.8 Å². The van der Waals surface area contributed by atoms with E-state index in [4.69, 9.17) is 29.2 Å². The van der Waals surface area contributed by atoms with Crippen LogP contribution in [0.25, 0.3) is 0 Å². The molecular formula is C42H71IN6O17S. The molecule has 0 aromatic carbocycles. The number of aliphatic hydroxyl groups excluding tert-OH is 1. The van der Waals surface area contributed by atoms with Crippen LogP contribution in [0.3, 0.4) is 0 Å². The quantitative estimate of drug-likeness (QED) is 0.0205. The fourth-order valence-electron chi connectivity index (χ4n) is 6.29. The summed E-state index contributed by atoms with van der Waals surface area (Å²) in [6, 6.07) is -4.54. The van der Waals surface area contributed by atoms with Crippen molar-refractivity contribution in [2.24, 2.45) is 11.3 Å². The Morgan fingerprint density at radius 1 is 0.657 bits per heavy atom. The molecule has 23 nitrogen and oxygen atoms in total. The molecule has 384 valence electrons. The monoisotopic (exact) mass is 1090 g/mol. The molecule has 0 aliphatic heterocycles. The molecule has 1 rings (SSSR count). The smallest absolute Gasteiger partial charge is 0.328 e. The first kappa shape index (κ1) is 61.3. The first-order valence-corrected chi connectivity index (χ1v) is 24.7. The summed E-state index contributed by atoms with van der Waals surface area (Å²) in [7, 11) is 1.50. The van der Waals surface area contributed by atoms with E-state index in [1.165, 1.54) is 7.05 Å². The summed E-state index contributed by atoms with van der Waals surface area (Å²) in [4.78, 5) is 109. The Morgan fingerprint density at radius 3 is 1.82 bits per heavy atom. The van der Waals surface area contributed by atoms with Gasteiger partial charge in [0.2, 0.25) is 29.5 Å². The number of unbranched alkanes of at least 4 members (excludes halogenated alkanes) is 1. The number of thioether (sulfide) groups is 1. The van der Waals surface area contributed by atoms with Crippen molar-refractivity contribution in [2.45, 2.75) is 106 Å². The van der Waals surface area contributed by atoms with Crippen LogP contribution in [0, 0.1) is 11.3 Å². The number of carboxylic acids is 3. The van der Waals surface area contributed by atoms with Gasteiger partial charge in [0.15, 0.2) is 0 Å². The van der Waals surface area contributed by atoms with Crippen molar-refractivity contribution in [1.29, 1.82) is 0 Å². The van der Waals surface area contributed by atoms with E-state index in [2.05, 4.69) is 54.5 Å². The van der Waals surface area contributed by atoms with Crippen LogP contribution in [-0.4, -0.2) is 193 Å². The molecule has 0 bridgehead atoms. The zero-order valence-corrected chi connectivity index (χ0v) is 41.6. The Balaban J connectivity index is 2.10. The molecule has 25 heteroatoms. The maximum absolute atomic E-state index is 12.9. The molecule has 0 heterocycles. The summed E-state index contributed by atoms with van der Waals surface area (Å²) in [5.74, 6) is -6.17. The van der Waals surface area contributed by atoms with Crippen LogP contribution in [0.4, 0.5) is 0 Å². The van der Waals surface area contributed by atoms with Crippen LogP contribution in [-0.2, 0) is 62.1 Å². The number of carbonyl (C=O) groups excluding carboxylic acids is 6. The topological polar surface area (TPSA) is 344 Å². The highest BCUT2D eigenvalue weighted by atomic mass is 127. The van der Waals surface area contributed by atoms with E-state index in [0.717, 1.165) is 37.4 Å². The van der Waals surface area contributed by atoms with E-state index >= 15 is 0 Å². The van der Waals surface area contributed by atoms with Crippen molar-refractivity contribution in [2.75, 3.05) is 91.1 Å². The SMILES string of the molecule is CN[C@@H](CSCC(=O)NCCCC[C@H](NC(=O)COCCOCCNC(=O)COCCOCCC(C)(C)C(=O)CC[C@H](NC(=O)[C@H]1CC[C@H](I)CC1)C(=O)O)C(=O)O)C(=O)N[C@@H](CO)C(=O)O. The van der Waals surface area contributed by atoms with Gasteiger partial charge in [0.05, 0.1) is 51.4 Å². The lowest BCUT2D eigenvalue weighted by molar-refractivity contribution is -0.143. The summed E-state index contributed by atoms with van der Waals surface area (Å²) in [5.41, 5.74) is -0.775. The number of Topliss-reactive ketones (excluding diaryl/α,β-unsaturated/α-hetero) is 1. The highest BCUT2D eigenvalue weighted by molar-refractivity contribution is 14.1. The maximum atomic E-state index is 12.9. The number of hydrogen-bond acceptors (Lipinski definition) is 16. The molecule has 67 heavy (non-hydrogen) atoms. The number of aliphatic hydroxyl groups is 1. The van der Waals surface area contributed by atoms with Crippen molar-refractivity contribution in [3.05, 3.63) is 0 Å². The lowest BCUT2D eigenvalue weighted by Crippen LogP contribution is -2.51. The first-order valence-electron chi connectivity index (χ1n) is 22.3. The Kier molecular flexibility index (Phi) is 32.4. The zero-order chi connectivity index (χ0) is 50.2. The molecule has 0 radical (unpaired) electrons. The number of hydrogen-bond donors (Lipinski definition) is 10. The molecule has 4 atom stereocenters. The second kappa shape index (κ2) is 35.4. The number of carboxylic acid groups (broad SMARTS) is 3. The van der Waals surface area contributed by atoms with E-state index < -0.39 is 72.5 Å². The molecule has 1 saturated carbocycles. The van der Waals surface area contributed by atoms with Crippen LogP contribution < -0.4 is 31.9 Å². The van der Waals surface area contributed by atoms with Gasteiger partial charge in [-0.2, -0.15) is 0 Å². The van der Waals surface area contributed by atoms with E-state index in [1.807, 2.05) is 0 Å². The van der Waals surface area contributed by atoms with Gasteiger partial charge in [0.1, 0.15) is 37.1 Å². The fourth-order valence-corrected chi connectivity index (χ4v) is 7.97. The molecular weight excluding hydrogens is 1020 g/mol. The number of ether oxygens (including phenoxy) is 4. The summed E-state index contributed by atoms with van der Waals surface area (Å²) < 4.78 is 22.0. The predicted molar refractivity (Wildman–Crippen MR) is 252 cm³/mol. The van der Waals surface area contributed by atoms with Crippen LogP contribution in [0.5, 0.6) is 0 Å². The molecule has 0 saturated heterocycles. The number of nitrogens with one attached hydrogen (secondary N) is 6. The average Bonchev–Trinajstić information content (AvgIpc) is 3.27. The minimum absolute atomic E-state index is 0.00121. The van der Waals surface area contributed by atoms with Crippen LogP contribution >= 0.6 is 34.4 Å². The largest absolute Gasteiger partial charge is 0.480 e. The third-order valence-electron chi connectivity index (χ3n) is 10.6. The number of carbonyl (C=O) groups is 9. The number of aliphatic carboxylic acids is 3. The van der Waals surface area contributed by atoms with Gasteiger partial charge in [0.25, 0.3) is 0 Å². The Bertz CT molecular complexity index is 1570. The summed E-state index contributed by atoms with van der Waals surface area (Å²) in [6.07, 6.45) is 4.60. The molecule has 1 aliphatic carbocycles. The first-order chi connectivity index (χ1) is 31.8. The van der Waals surface area contributed by atoms with Gasteiger partial charge in [0, 0.05) is 47.1 Å². The number of alkyl halides is 1. The Morgan fingerprint density at radius 2 is 1.22 bits per heavy atom. The summed E-state index contributed by atoms with van der Waals surface area (Å²) in [5, 5.41) is 52.4. The number of likely N-dealkylation sites (N-methyl/N-ethyl adjacent to an activating group) is 1. The standard InChI is InChI=1S/C42H71IN6O17S/c1-42(2,33(51)12-11-30(40(59)60)48-37(55)27-7-9-28(43)10-8-27)13-16-63-18-20-65-23-34(52)46-15-17-64-19-21-66-24-35(53)47-29(39(57)58)6-4-5-14-45-36(54)26-67-25-32(44-3)38(56)49-31(22-50)41(61)62/h27-32,44,50H,4-26H2,1-3H3,(H,45,54)(H,46,52)(H,47,53)(H,48,55)(H,49,56)(H,57,58)(H,59,60)(H,61,62)/t27-,28-,29-,30-,31-,32-/m0/s1. The van der Waals surface area contributed by atoms with E-state index in [9.17, 15) is 53.4 Å². The normalized spacial score (nSPS) is 16.7. The zero-order valence-electron chi connectivity index (χ0n) is 38.6. The third kappa shape index (κ3) is 28.4. The van der Waals surface area contributed by atoms with Crippen molar-refractivity contribution in [1.82, 2.24) is 31.9 Å². The minimum atomic E-state index is -1.44. The molecule has 10 N–H and O–H groups in total. The molecule has 0 spiro atoms. The fraction of sp³-hybridized carbons (Fsp3) is 0.786. The minimum Gasteiger partial charge on any atom is -0.480 e. The molecule has 0 aromatic rings. The van der Waals surface area contributed by atoms with Gasteiger partial charge in [-0.15, -0.1) is 11.8 Å². The number of amides is 5. The number of halogens is 1. The number of rotatable bonds is 39. The number of ketones is 1. The molecule has 1 aliphatic rings. The van der Waals surface area contributed by atoms with Gasteiger partial charge in [-0.1, -0.05) is 36.4 Å². The lowest BCUT2D eigenvalue weighted by Gasteiger charge is -2.26. The average molecular weight is 1090 g/mol. The Labute approximate surface area is 408 Å². The third-order valence-corrected chi connectivity index (χ3v) is 12.8. The molecule has 5 amide bonds. The van der Waals surface area contributed by atoms with Gasteiger partial charge < -0.3 is 71.3 Å². The van der Waals surface area contributed by atoms with Gasteiger partial charge >= 0.3 is 17.9 Å². The highest BCUT2D eigenvalue weighted by Crippen LogP contribution is 2.29. The summed E-state index contributed by atoms with van der Waals surface area (Å²) >= 11 is 3.50. The molecule has 1 fully saturated rings. The van der Waals surface area contributed by atoms with Gasteiger partial charge in [-0.25, -0.2) is 14.4 Å². The summed E-state index contributed by atoms with van der Waals surface area (Å²) in [6.45, 7) is 3.44. The highest BCUT2D eigenvalue weighted by Gasteiger charge is 2.32. The van der Waals surface area contributed by atoms with Crippen LogP contribution in [0.1, 0.15) is 78.1 Å².